The van der Waals surface area contributed by atoms with Gasteiger partial charge in [0.25, 0.3) is 5.91 Å². The minimum Gasteiger partial charge on any atom is -0.454 e. The molecule has 1 aliphatic rings. The predicted octanol–water partition coefficient (Wildman–Crippen LogP) is 3.79. The minimum absolute atomic E-state index is 0.154. The molecule has 2 heterocycles. The Labute approximate surface area is 157 Å². The van der Waals surface area contributed by atoms with E-state index in [0.29, 0.717) is 23.7 Å². The molecule has 0 spiro atoms. The first kappa shape index (κ1) is 16.9. The Hall–Kier alpha value is -3.54. The SMILES string of the molecule is Cc1cccc(CNC(=O)c2ccc(Nc3ccc4c(c3)OCO4)nc2)c1. The second kappa shape index (κ2) is 7.37. The summed E-state index contributed by atoms with van der Waals surface area (Å²) < 4.78 is 10.7. The van der Waals surface area contributed by atoms with Crippen molar-refractivity contribution in [3.8, 4) is 11.5 Å². The number of aromatic nitrogens is 1. The van der Waals surface area contributed by atoms with Crippen molar-refractivity contribution >= 4 is 17.4 Å². The van der Waals surface area contributed by atoms with Crippen molar-refractivity contribution in [2.24, 2.45) is 0 Å². The quantitative estimate of drug-likeness (QED) is 0.723. The highest BCUT2D eigenvalue weighted by Crippen LogP contribution is 2.34. The van der Waals surface area contributed by atoms with Gasteiger partial charge in [0, 0.05) is 24.5 Å². The van der Waals surface area contributed by atoms with Gasteiger partial charge in [-0.05, 0) is 36.8 Å². The topological polar surface area (TPSA) is 72.5 Å². The summed E-state index contributed by atoms with van der Waals surface area (Å²) in [5.41, 5.74) is 3.59. The fraction of sp³-hybridized carbons (Fsp3) is 0.143. The summed E-state index contributed by atoms with van der Waals surface area (Å²) in [5.74, 6) is 1.92. The van der Waals surface area contributed by atoms with E-state index in [-0.39, 0.29) is 12.7 Å². The third-order valence-corrected chi connectivity index (χ3v) is 4.21. The van der Waals surface area contributed by atoms with E-state index in [1.807, 2.05) is 43.3 Å². The van der Waals surface area contributed by atoms with E-state index in [2.05, 4.69) is 21.7 Å². The molecule has 0 saturated carbocycles. The molecule has 0 aliphatic carbocycles. The van der Waals surface area contributed by atoms with Crippen LogP contribution in [0.2, 0.25) is 0 Å². The number of hydrogen-bond acceptors (Lipinski definition) is 5. The molecule has 0 unspecified atom stereocenters. The average molecular weight is 361 g/mol. The first-order chi connectivity index (χ1) is 13.2. The zero-order chi connectivity index (χ0) is 18.6. The molecule has 3 aromatic rings. The summed E-state index contributed by atoms with van der Waals surface area (Å²) in [6.07, 6.45) is 1.56. The van der Waals surface area contributed by atoms with Crippen LogP contribution in [0.1, 0.15) is 21.5 Å². The van der Waals surface area contributed by atoms with Crippen LogP contribution >= 0.6 is 0 Å². The lowest BCUT2D eigenvalue weighted by atomic mass is 10.1. The van der Waals surface area contributed by atoms with Crippen molar-refractivity contribution < 1.29 is 14.3 Å². The summed E-state index contributed by atoms with van der Waals surface area (Å²) in [6.45, 7) is 2.75. The number of amides is 1. The van der Waals surface area contributed by atoms with Crippen LogP contribution in [0.25, 0.3) is 0 Å². The molecular weight excluding hydrogens is 342 g/mol. The molecule has 1 aromatic heterocycles. The Morgan fingerprint density at radius 1 is 1.07 bits per heavy atom. The first-order valence-electron chi connectivity index (χ1n) is 8.64. The van der Waals surface area contributed by atoms with Gasteiger partial charge in [-0.3, -0.25) is 4.79 Å². The third kappa shape index (κ3) is 4.00. The van der Waals surface area contributed by atoms with E-state index >= 15 is 0 Å². The molecule has 2 aromatic carbocycles. The number of anilines is 2. The number of carbonyl (C=O) groups excluding carboxylic acids is 1. The number of carbonyl (C=O) groups is 1. The summed E-state index contributed by atoms with van der Waals surface area (Å²) in [6, 6.07) is 17.2. The number of rotatable bonds is 5. The fourth-order valence-electron chi connectivity index (χ4n) is 2.83. The van der Waals surface area contributed by atoms with Crippen LogP contribution < -0.4 is 20.1 Å². The largest absolute Gasteiger partial charge is 0.454 e. The van der Waals surface area contributed by atoms with Gasteiger partial charge in [0.05, 0.1) is 5.56 Å². The third-order valence-electron chi connectivity index (χ3n) is 4.21. The Morgan fingerprint density at radius 2 is 1.96 bits per heavy atom. The van der Waals surface area contributed by atoms with Gasteiger partial charge in [0.2, 0.25) is 6.79 Å². The maximum absolute atomic E-state index is 12.3. The molecule has 1 amide bonds. The van der Waals surface area contributed by atoms with Crippen molar-refractivity contribution in [3.63, 3.8) is 0 Å². The number of pyridine rings is 1. The van der Waals surface area contributed by atoms with Crippen LogP contribution in [-0.4, -0.2) is 17.7 Å². The van der Waals surface area contributed by atoms with Crippen LogP contribution in [0.3, 0.4) is 0 Å². The zero-order valence-corrected chi connectivity index (χ0v) is 14.9. The highest BCUT2D eigenvalue weighted by Gasteiger charge is 2.13. The predicted molar refractivity (Wildman–Crippen MR) is 102 cm³/mol. The summed E-state index contributed by atoms with van der Waals surface area (Å²) in [4.78, 5) is 16.6. The number of ether oxygens (including phenoxy) is 2. The van der Waals surface area contributed by atoms with E-state index in [1.54, 1.807) is 18.3 Å². The van der Waals surface area contributed by atoms with E-state index < -0.39 is 0 Å². The Morgan fingerprint density at radius 3 is 2.78 bits per heavy atom. The van der Waals surface area contributed by atoms with Crippen LogP contribution in [0.15, 0.2) is 60.8 Å². The number of nitrogens with one attached hydrogen (secondary N) is 2. The van der Waals surface area contributed by atoms with Crippen LogP contribution in [-0.2, 0) is 6.54 Å². The summed E-state index contributed by atoms with van der Waals surface area (Å²) in [5, 5.41) is 6.10. The molecule has 0 radical (unpaired) electrons. The molecule has 4 rings (SSSR count). The lowest BCUT2D eigenvalue weighted by molar-refractivity contribution is 0.0950. The average Bonchev–Trinajstić information content (AvgIpc) is 3.15. The molecule has 1 aliphatic heterocycles. The van der Waals surface area contributed by atoms with Crippen molar-refractivity contribution in [1.82, 2.24) is 10.3 Å². The van der Waals surface area contributed by atoms with Gasteiger partial charge in [0.1, 0.15) is 5.82 Å². The molecular formula is C21H19N3O3. The van der Waals surface area contributed by atoms with Gasteiger partial charge in [-0.2, -0.15) is 0 Å². The fourth-order valence-corrected chi connectivity index (χ4v) is 2.83. The van der Waals surface area contributed by atoms with Crippen molar-refractivity contribution in [3.05, 3.63) is 77.5 Å². The Bertz CT molecular complexity index is 971. The highest BCUT2D eigenvalue weighted by molar-refractivity contribution is 5.94. The van der Waals surface area contributed by atoms with Gasteiger partial charge in [-0.25, -0.2) is 4.98 Å². The van der Waals surface area contributed by atoms with Gasteiger partial charge < -0.3 is 20.1 Å². The smallest absolute Gasteiger partial charge is 0.253 e. The first-order valence-corrected chi connectivity index (χ1v) is 8.64. The molecule has 27 heavy (non-hydrogen) atoms. The lowest BCUT2D eigenvalue weighted by Gasteiger charge is -2.08. The molecule has 136 valence electrons. The van der Waals surface area contributed by atoms with Crippen molar-refractivity contribution in [2.75, 3.05) is 12.1 Å². The number of aryl methyl sites for hydroxylation is 1. The molecule has 0 fully saturated rings. The maximum Gasteiger partial charge on any atom is 0.253 e. The molecule has 0 atom stereocenters. The van der Waals surface area contributed by atoms with E-state index in [4.69, 9.17) is 9.47 Å². The number of hydrogen-bond donors (Lipinski definition) is 2. The van der Waals surface area contributed by atoms with Crippen molar-refractivity contribution in [2.45, 2.75) is 13.5 Å². The Balaban J connectivity index is 1.37. The van der Waals surface area contributed by atoms with Gasteiger partial charge >= 0.3 is 0 Å². The molecule has 2 N–H and O–H groups in total. The molecule has 0 saturated heterocycles. The highest BCUT2D eigenvalue weighted by atomic mass is 16.7. The summed E-state index contributed by atoms with van der Waals surface area (Å²) >= 11 is 0. The van der Waals surface area contributed by atoms with Crippen LogP contribution in [0, 0.1) is 6.92 Å². The second-order valence-corrected chi connectivity index (χ2v) is 6.30. The normalized spacial score (nSPS) is 11.9. The Kier molecular flexibility index (Phi) is 4.61. The second-order valence-electron chi connectivity index (χ2n) is 6.30. The minimum atomic E-state index is -0.154. The number of benzene rings is 2. The maximum atomic E-state index is 12.3. The monoisotopic (exact) mass is 361 g/mol. The lowest BCUT2D eigenvalue weighted by Crippen LogP contribution is -2.22. The molecule has 6 heteroatoms. The van der Waals surface area contributed by atoms with Gasteiger partial charge in [-0.1, -0.05) is 29.8 Å². The van der Waals surface area contributed by atoms with Gasteiger partial charge in [-0.15, -0.1) is 0 Å². The van der Waals surface area contributed by atoms with E-state index in [9.17, 15) is 4.79 Å². The summed E-state index contributed by atoms with van der Waals surface area (Å²) in [7, 11) is 0. The molecule has 6 nitrogen and oxygen atoms in total. The zero-order valence-electron chi connectivity index (χ0n) is 14.9. The number of nitrogens with zero attached hydrogens (tertiary/aromatic N) is 1. The van der Waals surface area contributed by atoms with Gasteiger partial charge in [0.15, 0.2) is 11.5 Å². The molecule has 0 bridgehead atoms. The van der Waals surface area contributed by atoms with E-state index in [1.165, 1.54) is 5.56 Å². The number of fused-ring (bicyclic) bond motifs is 1. The van der Waals surface area contributed by atoms with Crippen molar-refractivity contribution in [1.29, 1.82) is 0 Å². The standard InChI is InChI=1S/C21H19N3O3/c1-14-3-2-4-15(9-14)11-23-21(25)16-5-8-20(22-12-16)24-17-6-7-18-19(10-17)27-13-26-18/h2-10,12H,11,13H2,1H3,(H,22,24)(H,23,25). The van der Waals surface area contributed by atoms with Crippen LogP contribution in [0.4, 0.5) is 11.5 Å². The van der Waals surface area contributed by atoms with E-state index in [0.717, 1.165) is 17.0 Å². The van der Waals surface area contributed by atoms with Crippen LogP contribution in [0.5, 0.6) is 11.5 Å².